The van der Waals surface area contributed by atoms with Crippen molar-refractivity contribution in [3.05, 3.63) is 42.2 Å². The monoisotopic (exact) mass is 600 g/mol. The molecule has 2 N–H and O–H groups in total. The van der Waals surface area contributed by atoms with E-state index in [0.717, 1.165) is 23.3 Å². The normalized spacial score (nSPS) is 17.7. The molecule has 6 rings (SSSR count). The average Bonchev–Trinajstić information content (AvgIpc) is 3.70. The molecule has 2 bridgehead atoms. The zero-order valence-electron chi connectivity index (χ0n) is 25.9. The van der Waals surface area contributed by atoms with Gasteiger partial charge in [-0.2, -0.15) is 0 Å². The van der Waals surface area contributed by atoms with E-state index in [0.29, 0.717) is 41.4 Å². The molecule has 2 fully saturated rings. The molecule has 14 nitrogen and oxygen atoms in total. The van der Waals surface area contributed by atoms with Crippen molar-refractivity contribution < 1.29 is 19.1 Å². The highest BCUT2D eigenvalue weighted by molar-refractivity contribution is 5.98. The van der Waals surface area contributed by atoms with Gasteiger partial charge in [-0.1, -0.05) is 0 Å². The fraction of sp³-hybridized carbons (Fsp3) is 0.433. The van der Waals surface area contributed by atoms with Crippen molar-refractivity contribution in [1.82, 2.24) is 34.4 Å². The van der Waals surface area contributed by atoms with Crippen LogP contribution in [0.2, 0.25) is 0 Å². The van der Waals surface area contributed by atoms with Gasteiger partial charge in [0.2, 0.25) is 0 Å². The number of esters is 1. The van der Waals surface area contributed by atoms with Crippen LogP contribution in [0, 0.1) is 6.92 Å². The number of hydrogen-bond acceptors (Lipinski definition) is 12. The molecule has 0 unspecified atom stereocenters. The minimum Gasteiger partial charge on any atom is -0.464 e. The van der Waals surface area contributed by atoms with E-state index < -0.39 is 11.6 Å². The third-order valence-electron chi connectivity index (χ3n) is 7.86. The lowest BCUT2D eigenvalue weighted by molar-refractivity contribution is 0.0214. The van der Waals surface area contributed by atoms with Gasteiger partial charge in [-0.15, -0.1) is 0 Å². The fourth-order valence-corrected chi connectivity index (χ4v) is 5.88. The number of methoxy groups -OCH3 is 1. The molecule has 230 valence electrons. The van der Waals surface area contributed by atoms with Gasteiger partial charge in [0, 0.05) is 33.4 Å². The van der Waals surface area contributed by atoms with Crippen LogP contribution in [0.25, 0.3) is 22.3 Å². The predicted octanol–water partition coefficient (Wildman–Crippen LogP) is 3.90. The molecule has 0 spiro atoms. The molecule has 2 saturated heterocycles. The maximum atomic E-state index is 12.9. The van der Waals surface area contributed by atoms with Gasteiger partial charge in [0.1, 0.15) is 22.6 Å². The molecule has 14 heteroatoms. The van der Waals surface area contributed by atoms with Crippen LogP contribution in [0.15, 0.2) is 31.0 Å². The number of hydrogen-bond donors (Lipinski definition) is 2. The quantitative estimate of drug-likeness (QED) is 0.309. The van der Waals surface area contributed by atoms with Gasteiger partial charge in [0.15, 0.2) is 17.3 Å². The second kappa shape index (κ2) is 10.9. The Bertz CT molecular complexity index is 1760. The third kappa shape index (κ3) is 5.20. The van der Waals surface area contributed by atoms with Crippen LogP contribution in [0.3, 0.4) is 0 Å². The number of amides is 1. The Kier molecular flexibility index (Phi) is 7.22. The van der Waals surface area contributed by atoms with Gasteiger partial charge in [-0.05, 0) is 45.7 Å². The summed E-state index contributed by atoms with van der Waals surface area (Å²) in [6.45, 7) is 8.90. The number of anilines is 4. The molecule has 4 aromatic rings. The highest BCUT2D eigenvalue weighted by Crippen LogP contribution is 2.37. The predicted molar refractivity (Wildman–Crippen MR) is 165 cm³/mol. The first-order valence-corrected chi connectivity index (χ1v) is 14.4. The Morgan fingerprint density at radius 2 is 1.84 bits per heavy atom. The van der Waals surface area contributed by atoms with Crippen molar-refractivity contribution in [1.29, 1.82) is 0 Å². The van der Waals surface area contributed by atoms with Crippen molar-refractivity contribution >= 4 is 46.2 Å². The van der Waals surface area contributed by atoms with E-state index >= 15 is 0 Å². The van der Waals surface area contributed by atoms with Crippen molar-refractivity contribution in [2.75, 3.05) is 42.8 Å². The van der Waals surface area contributed by atoms with Crippen LogP contribution >= 0.6 is 0 Å². The van der Waals surface area contributed by atoms with E-state index in [1.165, 1.54) is 7.11 Å². The highest BCUT2D eigenvalue weighted by atomic mass is 16.6. The number of fused-ring (bicyclic) bond motifs is 3. The molecule has 1 amide bonds. The van der Waals surface area contributed by atoms with Crippen molar-refractivity contribution in [3.8, 4) is 11.3 Å². The number of nitrogens with one attached hydrogen (secondary N) is 2. The second-order valence-corrected chi connectivity index (χ2v) is 12.1. The van der Waals surface area contributed by atoms with Crippen LogP contribution in [0.5, 0.6) is 0 Å². The first-order chi connectivity index (χ1) is 21.0. The molecule has 0 radical (unpaired) electrons. The van der Waals surface area contributed by atoms with Crippen molar-refractivity contribution in [2.24, 2.45) is 7.05 Å². The third-order valence-corrected chi connectivity index (χ3v) is 7.86. The molecule has 2 atom stereocenters. The summed E-state index contributed by atoms with van der Waals surface area (Å²) in [5.74, 6) is 0.861. The maximum Gasteiger partial charge on any atom is 0.410 e. The van der Waals surface area contributed by atoms with E-state index in [2.05, 4.69) is 30.5 Å². The molecular weight excluding hydrogens is 564 g/mol. The summed E-state index contributed by atoms with van der Waals surface area (Å²) < 4.78 is 12.5. The number of likely N-dealkylation sites (tertiary alicyclic amines) is 1. The summed E-state index contributed by atoms with van der Waals surface area (Å²) in [6.07, 6.45) is 7.38. The largest absolute Gasteiger partial charge is 0.464 e. The number of carbonyl (C=O) groups is 2. The summed E-state index contributed by atoms with van der Waals surface area (Å²) >= 11 is 0. The SMILES string of the molecule is CNc1nc(Nc2cnc(N3C[C@H]4C[C@@H]3CN4C(=O)OC(C)(C)C)c(C)c2)c(C(=O)OC)nc1-c1cncc2c1ncn2C. The Morgan fingerprint density at radius 3 is 2.50 bits per heavy atom. The van der Waals surface area contributed by atoms with Crippen LogP contribution in [-0.2, 0) is 16.5 Å². The van der Waals surface area contributed by atoms with Gasteiger partial charge in [0.25, 0.3) is 0 Å². The number of carbonyl (C=O) groups excluding carboxylic acids is 2. The summed E-state index contributed by atoms with van der Waals surface area (Å²) in [6, 6.07) is 2.20. The summed E-state index contributed by atoms with van der Waals surface area (Å²) in [7, 11) is 4.91. The van der Waals surface area contributed by atoms with Gasteiger partial charge in [-0.3, -0.25) is 4.98 Å². The van der Waals surface area contributed by atoms with Crippen LogP contribution < -0.4 is 15.5 Å². The molecule has 44 heavy (non-hydrogen) atoms. The van der Waals surface area contributed by atoms with Gasteiger partial charge >= 0.3 is 12.1 Å². The van der Waals surface area contributed by atoms with E-state index in [-0.39, 0.29) is 29.7 Å². The number of pyridine rings is 2. The molecular formula is C30H36N10O4. The Balaban J connectivity index is 1.27. The van der Waals surface area contributed by atoms with E-state index in [4.69, 9.17) is 19.4 Å². The first-order valence-electron chi connectivity index (χ1n) is 14.4. The Hall–Kier alpha value is -5.01. The summed E-state index contributed by atoms with van der Waals surface area (Å²) in [4.78, 5) is 52.7. The fourth-order valence-electron chi connectivity index (χ4n) is 5.88. The van der Waals surface area contributed by atoms with E-state index in [1.807, 2.05) is 50.3 Å². The van der Waals surface area contributed by atoms with Crippen LogP contribution in [0.1, 0.15) is 43.2 Å². The van der Waals surface area contributed by atoms with E-state index in [9.17, 15) is 9.59 Å². The number of aryl methyl sites for hydroxylation is 2. The number of ether oxygens (including phenoxy) is 2. The first kappa shape index (κ1) is 29.1. The number of nitrogens with zero attached hydrogens (tertiary/aromatic N) is 8. The van der Waals surface area contributed by atoms with Crippen LogP contribution in [0.4, 0.5) is 27.9 Å². The second-order valence-electron chi connectivity index (χ2n) is 12.1. The number of rotatable bonds is 6. The number of aromatic nitrogens is 6. The van der Waals surface area contributed by atoms with Gasteiger partial charge in [-0.25, -0.2) is 29.5 Å². The molecule has 6 heterocycles. The van der Waals surface area contributed by atoms with Crippen molar-refractivity contribution in [2.45, 2.75) is 51.8 Å². The van der Waals surface area contributed by atoms with Gasteiger partial charge in [0.05, 0.1) is 54.7 Å². The molecule has 0 saturated carbocycles. The molecule has 0 aliphatic carbocycles. The molecule has 2 aliphatic heterocycles. The topological polar surface area (TPSA) is 153 Å². The highest BCUT2D eigenvalue weighted by Gasteiger charge is 2.47. The number of piperazine rings is 1. The maximum absolute atomic E-state index is 12.9. The van der Waals surface area contributed by atoms with Gasteiger partial charge < -0.3 is 34.5 Å². The molecule has 2 aliphatic rings. The lowest BCUT2D eigenvalue weighted by Crippen LogP contribution is -2.50. The Morgan fingerprint density at radius 1 is 1.05 bits per heavy atom. The summed E-state index contributed by atoms with van der Waals surface area (Å²) in [5, 5.41) is 6.30. The minimum atomic E-state index is -0.644. The molecule has 4 aromatic heterocycles. The van der Waals surface area contributed by atoms with Crippen LogP contribution in [-0.4, -0.2) is 91.4 Å². The summed E-state index contributed by atoms with van der Waals surface area (Å²) in [5.41, 5.74) is 3.61. The zero-order chi connectivity index (χ0) is 31.3. The lowest BCUT2D eigenvalue weighted by atomic mass is 10.1. The van der Waals surface area contributed by atoms with Crippen molar-refractivity contribution in [3.63, 3.8) is 0 Å². The number of imidazole rings is 1. The Labute approximate surface area is 254 Å². The zero-order valence-corrected chi connectivity index (χ0v) is 25.9. The smallest absolute Gasteiger partial charge is 0.410 e. The van der Waals surface area contributed by atoms with E-state index in [1.54, 1.807) is 32.0 Å². The molecule has 0 aromatic carbocycles. The standard InChI is InChI=1S/C30H36N10O4/c1-16-8-17(10-33-27(16)39-13-19-9-18(39)14-40(19)29(42)44-30(2,3)4)35-26-24(28(41)43-7)36-23(25(31-5)37-26)20-11-32-12-21-22(20)34-15-38(21)6/h8,10-12,15,18-19H,9,13-14H2,1-7H3,(H2,31,35,37)/t18-,19-/m1/s1. The minimum absolute atomic E-state index is 0.00949. The average molecular weight is 601 g/mol. The lowest BCUT2D eigenvalue weighted by Gasteiger charge is -2.36.